The molecule has 1 aromatic carbocycles. The van der Waals surface area contributed by atoms with Gasteiger partial charge in [-0.25, -0.2) is 18.4 Å². The Morgan fingerprint density at radius 3 is 2.67 bits per heavy atom. The maximum Gasteiger partial charge on any atom is 0.288 e. The average molecular weight is 354 g/mol. The number of alkyl halides is 2. The molecule has 0 atom stereocenters. The summed E-state index contributed by atoms with van der Waals surface area (Å²) in [5, 5.41) is 5.55. The molecule has 2 N–H and O–H groups in total. The van der Waals surface area contributed by atoms with Gasteiger partial charge in [0.1, 0.15) is 0 Å². The zero-order valence-corrected chi connectivity index (χ0v) is 13.7. The highest BCUT2D eigenvalue weighted by molar-refractivity contribution is 7.89. The third-order valence-electron chi connectivity index (χ3n) is 3.54. The lowest BCUT2D eigenvalue weighted by Gasteiger charge is -2.24. The smallest absolute Gasteiger partial charge is 0.288 e. The molecule has 0 spiro atoms. The number of hydrogen-bond acceptors (Lipinski definition) is 6. The highest BCUT2D eigenvalue weighted by atomic mass is 32.2. The van der Waals surface area contributed by atoms with Crippen molar-refractivity contribution in [3.63, 3.8) is 0 Å². The Morgan fingerprint density at radius 1 is 1.29 bits per heavy atom. The van der Waals surface area contributed by atoms with Gasteiger partial charge in [0.15, 0.2) is 9.84 Å². The zero-order chi connectivity index (χ0) is 17.4. The summed E-state index contributed by atoms with van der Waals surface area (Å²) in [4.78, 5) is 8.06. The molecule has 0 unspecified atom stereocenters. The molecule has 0 amide bonds. The van der Waals surface area contributed by atoms with Crippen LogP contribution in [0, 0.1) is 0 Å². The molecule has 3 rings (SSSR count). The van der Waals surface area contributed by atoms with Gasteiger partial charge in [-0.2, -0.15) is 8.78 Å². The van der Waals surface area contributed by atoms with E-state index in [1.54, 1.807) is 24.3 Å². The van der Waals surface area contributed by atoms with E-state index in [-0.39, 0.29) is 29.5 Å². The van der Waals surface area contributed by atoms with Gasteiger partial charge in [-0.05, 0) is 17.7 Å². The molecule has 1 aromatic heterocycles. The Hall–Kier alpha value is -2.13. The third-order valence-corrected chi connectivity index (χ3v) is 4.40. The van der Waals surface area contributed by atoms with E-state index in [4.69, 9.17) is 0 Å². The largest absolute Gasteiger partial charge is 0.324 e. The number of nitrogens with one attached hydrogen (secondary N) is 2. The van der Waals surface area contributed by atoms with E-state index in [0.29, 0.717) is 11.3 Å². The van der Waals surface area contributed by atoms with Gasteiger partial charge in [-0.1, -0.05) is 12.1 Å². The highest BCUT2D eigenvalue weighted by Gasteiger charge is 2.38. The van der Waals surface area contributed by atoms with Crippen LogP contribution in [-0.2, 0) is 28.1 Å². The molecule has 6 nitrogen and oxygen atoms in total. The molecule has 0 radical (unpaired) electrons. The van der Waals surface area contributed by atoms with Crippen LogP contribution in [0.25, 0.3) is 0 Å². The summed E-state index contributed by atoms with van der Waals surface area (Å²) in [7, 11) is -3.09. The molecular formula is C15H16F2N4O2S. The summed E-state index contributed by atoms with van der Waals surface area (Å²) < 4.78 is 50.0. The fourth-order valence-corrected chi connectivity index (χ4v) is 3.26. The van der Waals surface area contributed by atoms with Gasteiger partial charge in [0.2, 0.25) is 5.95 Å². The minimum Gasteiger partial charge on any atom is -0.324 e. The van der Waals surface area contributed by atoms with Gasteiger partial charge in [-0.15, -0.1) is 0 Å². The number of aromatic nitrogens is 2. The summed E-state index contributed by atoms with van der Waals surface area (Å²) in [5.74, 6) is -2.80. The van der Waals surface area contributed by atoms with Crippen LogP contribution in [0.5, 0.6) is 0 Å². The Morgan fingerprint density at radius 2 is 2.00 bits per heavy atom. The van der Waals surface area contributed by atoms with Crippen LogP contribution in [0.2, 0.25) is 0 Å². The minimum absolute atomic E-state index is 0.0383. The molecule has 2 aromatic rings. The SMILES string of the molecule is CS(=O)(=O)Cc1ccc(Nc2ncc3c(n2)CNCC3(F)F)cc1. The van der Waals surface area contributed by atoms with E-state index in [0.717, 1.165) is 6.20 Å². The first-order valence-electron chi connectivity index (χ1n) is 7.22. The van der Waals surface area contributed by atoms with Crippen LogP contribution in [0.15, 0.2) is 30.5 Å². The summed E-state index contributed by atoms with van der Waals surface area (Å²) in [6.45, 7) is -0.159. The number of benzene rings is 1. The number of rotatable bonds is 4. The number of fused-ring (bicyclic) bond motifs is 1. The van der Waals surface area contributed by atoms with Gasteiger partial charge in [-0.3, -0.25) is 0 Å². The lowest BCUT2D eigenvalue weighted by molar-refractivity contribution is -0.0119. The van der Waals surface area contributed by atoms with Crippen molar-refractivity contribution in [3.05, 3.63) is 47.3 Å². The molecule has 0 fully saturated rings. The molecule has 0 saturated carbocycles. The number of sulfone groups is 1. The van der Waals surface area contributed by atoms with Crippen molar-refractivity contribution < 1.29 is 17.2 Å². The highest BCUT2D eigenvalue weighted by Crippen LogP contribution is 2.32. The predicted octanol–water partition coefficient (Wildman–Crippen LogP) is 1.96. The normalized spacial score (nSPS) is 16.5. The van der Waals surface area contributed by atoms with Crippen molar-refractivity contribution in [1.82, 2.24) is 15.3 Å². The number of halogens is 2. The molecule has 24 heavy (non-hydrogen) atoms. The molecule has 128 valence electrons. The second kappa shape index (κ2) is 6.06. The van der Waals surface area contributed by atoms with Crippen LogP contribution in [0.1, 0.15) is 16.8 Å². The second-order valence-electron chi connectivity index (χ2n) is 5.75. The van der Waals surface area contributed by atoms with Crippen LogP contribution in [-0.4, -0.2) is 31.2 Å². The molecule has 1 aliphatic heterocycles. The predicted molar refractivity (Wildman–Crippen MR) is 85.9 cm³/mol. The summed E-state index contributed by atoms with van der Waals surface area (Å²) >= 11 is 0. The van der Waals surface area contributed by atoms with Crippen molar-refractivity contribution >= 4 is 21.5 Å². The summed E-state index contributed by atoms with van der Waals surface area (Å²) in [6.07, 6.45) is 2.31. The Bertz CT molecular complexity index is 854. The molecule has 0 saturated heterocycles. The molecule has 0 aliphatic carbocycles. The molecule has 0 bridgehead atoms. The third kappa shape index (κ3) is 3.85. The Labute approximate surface area is 138 Å². The zero-order valence-electron chi connectivity index (χ0n) is 12.9. The van der Waals surface area contributed by atoms with E-state index in [1.807, 2.05) is 0 Å². The first-order valence-corrected chi connectivity index (χ1v) is 9.28. The topological polar surface area (TPSA) is 84.0 Å². The quantitative estimate of drug-likeness (QED) is 0.873. The lowest BCUT2D eigenvalue weighted by Crippen LogP contribution is -2.37. The van der Waals surface area contributed by atoms with E-state index in [9.17, 15) is 17.2 Å². The standard InChI is InChI=1S/C15H16F2N4O2S/c1-24(22,23)8-10-2-4-11(5-3-10)20-14-19-6-12-13(21-14)7-18-9-15(12,16)17/h2-6,18H,7-9H2,1H3,(H,19,20,21). The maximum atomic E-state index is 13.7. The van der Waals surface area contributed by atoms with E-state index in [2.05, 4.69) is 20.6 Å². The molecular weight excluding hydrogens is 338 g/mol. The Kier molecular flexibility index (Phi) is 4.22. The van der Waals surface area contributed by atoms with E-state index >= 15 is 0 Å². The minimum atomic E-state index is -3.09. The molecule has 9 heteroatoms. The average Bonchev–Trinajstić information content (AvgIpc) is 2.47. The van der Waals surface area contributed by atoms with E-state index < -0.39 is 22.3 Å². The molecule has 1 aliphatic rings. The van der Waals surface area contributed by atoms with Crippen molar-refractivity contribution in [2.45, 2.75) is 18.2 Å². The summed E-state index contributed by atoms with van der Waals surface area (Å²) in [6, 6.07) is 6.74. The second-order valence-corrected chi connectivity index (χ2v) is 7.89. The van der Waals surface area contributed by atoms with E-state index in [1.165, 1.54) is 6.26 Å². The van der Waals surface area contributed by atoms with Gasteiger partial charge in [0.05, 0.1) is 23.6 Å². The lowest BCUT2D eigenvalue weighted by atomic mass is 10.1. The Balaban J connectivity index is 1.77. The first-order chi connectivity index (χ1) is 11.2. The van der Waals surface area contributed by atoms with Crippen LogP contribution in [0.3, 0.4) is 0 Å². The van der Waals surface area contributed by atoms with Crippen LogP contribution in [0.4, 0.5) is 20.4 Å². The monoisotopic (exact) mass is 354 g/mol. The van der Waals surface area contributed by atoms with Crippen molar-refractivity contribution in [2.75, 3.05) is 18.1 Å². The number of anilines is 2. The van der Waals surface area contributed by atoms with Crippen molar-refractivity contribution in [1.29, 1.82) is 0 Å². The fraction of sp³-hybridized carbons (Fsp3) is 0.333. The fourth-order valence-electron chi connectivity index (χ4n) is 2.47. The maximum absolute atomic E-state index is 13.7. The van der Waals surface area contributed by atoms with Gasteiger partial charge in [0.25, 0.3) is 5.92 Å². The van der Waals surface area contributed by atoms with Crippen LogP contribution >= 0.6 is 0 Å². The van der Waals surface area contributed by atoms with Gasteiger partial charge >= 0.3 is 0 Å². The van der Waals surface area contributed by atoms with Gasteiger partial charge in [0, 0.05) is 24.7 Å². The summed E-state index contributed by atoms with van der Waals surface area (Å²) in [5.41, 5.74) is 1.41. The number of nitrogens with zero attached hydrogens (tertiary/aromatic N) is 2. The first kappa shape index (κ1) is 16.7. The van der Waals surface area contributed by atoms with Gasteiger partial charge < -0.3 is 10.6 Å². The van der Waals surface area contributed by atoms with Crippen molar-refractivity contribution in [3.8, 4) is 0 Å². The van der Waals surface area contributed by atoms with Crippen molar-refractivity contribution in [2.24, 2.45) is 0 Å². The molecule has 2 heterocycles. The number of hydrogen-bond donors (Lipinski definition) is 2. The van der Waals surface area contributed by atoms with Crippen LogP contribution < -0.4 is 10.6 Å².